The minimum absolute atomic E-state index is 0.00885. The lowest BCUT2D eigenvalue weighted by Crippen LogP contribution is -2.17. The number of Topliss-reactive ketones (excluding diaryl/α,β-unsaturated/α-hetero) is 1. The number of rotatable bonds is 4. The minimum atomic E-state index is -0.0861. The van der Waals surface area contributed by atoms with E-state index in [2.05, 4.69) is 0 Å². The van der Waals surface area contributed by atoms with Gasteiger partial charge in [-0.25, -0.2) is 0 Å². The van der Waals surface area contributed by atoms with Gasteiger partial charge in [-0.3, -0.25) is 4.79 Å². The Morgan fingerprint density at radius 3 is 2.24 bits per heavy atom. The molecule has 0 fully saturated rings. The molecule has 0 saturated carbocycles. The summed E-state index contributed by atoms with van der Waals surface area (Å²) in [5.74, 6) is 0.663. The van der Waals surface area contributed by atoms with Crippen molar-refractivity contribution < 1.29 is 9.53 Å². The van der Waals surface area contributed by atoms with E-state index in [1.54, 1.807) is 12.1 Å². The van der Waals surface area contributed by atoms with Gasteiger partial charge in [-0.1, -0.05) is 44.0 Å². The van der Waals surface area contributed by atoms with Gasteiger partial charge >= 0.3 is 0 Å². The van der Waals surface area contributed by atoms with Crippen LogP contribution in [0.5, 0.6) is 5.75 Å². The van der Waals surface area contributed by atoms with Crippen LogP contribution in [0.25, 0.3) is 0 Å². The minimum Gasteiger partial charge on any atom is -0.495 e. The SMILES string of the molecule is COc1ccc(C(=O)C(C)C(C)C)c(Cl)c1Cl. The highest BCUT2D eigenvalue weighted by Crippen LogP contribution is 2.35. The number of ether oxygens (including phenoxy) is 1. The van der Waals surface area contributed by atoms with Crippen molar-refractivity contribution in [3.05, 3.63) is 27.7 Å². The molecule has 0 aromatic heterocycles. The highest BCUT2D eigenvalue weighted by molar-refractivity contribution is 6.44. The molecule has 1 rings (SSSR count). The van der Waals surface area contributed by atoms with Gasteiger partial charge in [0.15, 0.2) is 5.78 Å². The van der Waals surface area contributed by atoms with E-state index in [9.17, 15) is 4.79 Å². The van der Waals surface area contributed by atoms with Gasteiger partial charge in [-0.05, 0) is 18.1 Å². The molecule has 4 heteroatoms. The van der Waals surface area contributed by atoms with Crippen LogP contribution >= 0.6 is 23.2 Å². The molecule has 1 unspecified atom stereocenters. The van der Waals surface area contributed by atoms with E-state index in [-0.39, 0.29) is 27.7 Å². The third-order valence-corrected chi connectivity index (χ3v) is 3.81. The maximum atomic E-state index is 12.2. The van der Waals surface area contributed by atoms with Crippen molar-refractivity contribution in [2.24, 2.45) is 11.8 Å². The topological polar surface area (TPSA) is 26.3 Å². The van der Waals surface area contributed by atoms with Crippen molar-refractivity contribution in [2.75, 3.05) is 7.11 Å². The molecule has 0 spiro atoms. The maximum Gasteiger partial charge on any atom is 0.167 e. The van der Waals surface area contributed by atoms with E-state index >= 15 is 0 Å². The first-order chi connectivity index (χ1) is 7.90. The second-order valence-electron chi connectivity index (χ2n) is 4.34. The summed E-state index contributed by atoms with van der Waals surface area (Å²) in [5.41, 5.74) is 0.457. The third-order valence-electron chi connectivity index (χ3n) is 2.95. The van der Waals surface area contributed by atoms with E-state index in [1.165, 1.54) is 7.11 Å². The van der Waals surface area contributed by atoms with Gasteiger partial charge < -0.3 is 4.74 Å². The third kappa shape index (κ3) is 2.93. The lowest BCUT2D eigenvalue weighted by atomic mass is 9.90. The lowest BCUT2D eigenvalue weighted by molar-refractivity contribution is 0.0900. The zero-order valence-electron chi connectivity index (χ0n) is 10.4. The van der Waals surface area contributed by atoms with Crippen molar-refractivity contribution in [3.8, 4) is 5.75 Å². The van der Waals surface area contributed by atoms with Gasteiger partial charge in [0.05, 0.1) is 12.1 Å². The molecule has 0 aliphatic carbocycles. The summed E-state index contributed by atoms with van der Waals surface area (Å²) in [4.78, 5) is 12.2. The Kier molecular flexibility index (Phi) is 4.84. The number of halogens is 2. The van der Waals surface area contributed by atoms with Crippen LogP contribution in [0.1, 0.15) is 31.1 Å². The first kappa shape index (κ1) is 14.3. The van der Waals surface area contributed by atoms with Crippen LogP contribution in [0.2, 0.25) is 10.0 Å². The summed E-state index contributed by atoms with van der Waals surface area (Å²) in [7, 11) is 1.51. The predicted molar refractivity (Wildman–Crippen MR) is 71.3 cm³/mol. The van der Waals surface area contributed by atoms with Gasteiger partial charge in [-0.2, -0.15) is 0 Å². The molecule has 0 aliphatic rings. The molecule has 0 radical (unpaired) electrons. The first-order valence-electron chi connectivity index (χ1n) is 5.46. The predicted octanol–water partition coefficient (Wildman–Crippen LogP) is 4.48. The highest BCUT2D eigenvalue weighted by Gasteiger charge is 2.22. The quantitative estimate of drug-likeness (QED) is 0.757. The summed E-state index contributed by atoms with van der Waals surface area (Å²) >= 11 is 12.1. The standard InChI is InChI=1S/C13H16Cl2O2/c1-7(2)8(3)13(16)9-5-6-10(17-4)12(15)11(9)14/h5-8H,1-4H3. The molecule has 0 heterocycles. The van der Waals surface area contributed by atoms with Crippen LogP contribution in [-0.2, 0) is 0 Å². The Morgan fingerprint density at radius 2 is 1.76 bits per heavy atom. The number of carbonyl (C=O) groups is 1. The molecule has 2 nitrogen and oxygen atoms in total. The van der Waals surface area contributed by atoms with Gasteiger partial charge in [0.25, 0.3) is 0 Å². The lowest BCUT2D eigenvalue weighted by Gasteiger charge is -2.16. The number of hydrogen-bond donors (Lipinski definition) is 0. The Bertz CT molecular complexity index is 428. The van der Waals surface area contributed by atoms with Crippen LogP contribution in [0.15, 0.2) is 12.1 Å². The van der Waals surface area contributed by atoms with Crippen LogP contribution < -0.4 is 4.74 Å². The molecule has 0 amide bonds. The fourth-order valence-corrected chi connectivity index (χ4v) is 1.92. The Balaban J connectivity index is 3.16. The van der Waals surface area contributed by atoms with Crippen LogP contribution in [0.3, 0.4) is 0 Å². The van der Waals surface area contributed by atoms with E-state index < -0.39 is 0 Å². The van der Waals surface area contributed by atoms with Crippen molar-refractivity contribution in [3.63, 3.8) is 0 Å². The Hall–Kier alpha value is -0.730. The second-order valence-corrected chi connectivity index (χ2v) is 5.10. The molecule has 0 bridgehead atoms. The van der Waals surface area contributed by atoms with Crippen LogP contribution in [0.4, 0.5) is 0 Å². The largest absolute Gasteiger partial charge is 0.495 e. The molecule has 17 heavy (non-hydrogen) atoms. The molecule has 1 atom stereocenters. The van der Waals surface area contributed by atoms with Gasteiger partial charge in [0.1, 0.15) is 10.8 Å². The average molecular weight is 275 g/mol. The fourth-order valence-electron chi connectivity index (χ4n) is 1.43. The molecular weight excluding hydrogens is 259 g/mol. The van der Waals surface area contributed by atoms with Gasteiger partial charge in [0.2, 0.25) is 0 Å². The molecule has 0 saturated heterocycles. The van der Waals surface area contributed by atoms with Gasteiger partial charge in [-0.15, -0.1) is 0 Å². The Labute approximate surface area is 112 Å². The van der Waals surface area contributed by atoms with Gasteiger partial charge in [0, 0.05) is 11.5 Å². The van der Waals surface area contributed by atoms with E-state index in [4.69, 9.17) is 27.9 Å². The molecule has 0 N–H and O–H groups in total. The number of hydrogen-bond acceptors (Lipinski definition) is 2. The average Bonchev–Trinajstić information content (AvgIpc) is 2.30. The molecule has 0 aliphatic heterocycles. The zero-order valence-corrected chi connectivity index (χ0v) is 11.9. The molecule has 94 valence electrons. The summed E-state index contributed by atoms with van der Waals surface area (Å²) in [6, 6.07) is 3.32. The second kappa shape index (κ2) is 5.74. The summed E-state index contributed by atoms with van der Waals surface area (Å²) in [6.45, 7) is 5.89. The Morgan fingerprint density at radius 1 is 1.18 bits per heavy atom. The van der Waals surface area contributed by atoms with Crippen LogP contribution in [0, 0.1) is 11.8 Å². The van der Waals surface area contributed by atoms with E-state index in [1.807, 2.05) is 20.8 Å². The van der Waals surface area contributed by atoms with E-state index in [0.717, 1.165) is 0 Å². The highest BCUT2D eigenvalue weighted by atomic mass is 35.5. The molecule has 1 aromatic carbocycles. The van der Waals surface area contributed by atoms with Crippen molar-refractivity contribution in [2.45, 2.75) is 20.8 Å². The smallest absolute Gasteiger partial charge is 0.167 e. The van der Waals surface area contributed by atoms with E-state index in [0.29, 0.717) is 11.3 Å². The van der Waals surface area contributed by atoms with Crippen LogP contribution in [-0.4, -0.2) is 12.9 Å². The summed E-state index contributed by atoms with van der Waals surface area (Å²) in [6.07, 6.45) is 0. The fraction of sp³-hybridized carbons (Fsp3) is 0.462. The number of ketones is 1. The summed E-state index contributed by atoms with van der Waals surface area (Å²) in [5, 5.41) is 0.555. The maximum absolute atomic E-state index is 12.2. The zero-order chi connectivity index (χ0) is 13.2. The molecular formula is C13H16Cl2O2. The van der Waals surface area contributed by atoms with Crippen molar-refractivity contribution in [1.82, 2.24) is 0 Å². The monoisotopic (exact) mass is 274 g/mol. The number of methoxy groups -OCH3 is 1. The van der Waals surface area contributed by atoms with Crippen molar-refractivity contribution >= 4 is 29.0 Å². The van der Waals surface area contributed by atoms with Crippen molar-refractivity contribution in [1.29, 1.82) is 0 Å². The first-order valence-corrected chi connectivity index (χ1v) is 6.22. The normalized spacial score (nSPS) is 12.6. The molecule has 1 aromatic rings. The summed E-state index contributed by atoms with van der Waals surface area (Å²) < 4.78 is 5.04. The number of carbonyl (C=O) groups excluding carboxylic acids is 1. The number of benzene rings is 1.